The normalized spacial score (nSPS) is 17.0. The Hall–Kier alpha value is -1.16. The second-order valence-corrected chi connectivity index (χ2v) is 5.69. The molecule has 0 radical (unpaired) electrons. The summed E-state index contributed by atoms with van der Waals surface area (Å²) >= 11 is 0. The van der Waals surface area contributed by atoms with Gasteiger partial charge in [0.15, 0.2) is 0 Å². The monoisotopic (exact) mass is 308 g/mol. The summed E-state index contributed by atoms with van der Waals surface area (Å²) < 4.78 is 10.8. The molecule has 3 atom stereocenters. The molecule has 0 spiro atoms. The highest BCUT2D eigenvalue weighted by Gasteiger charge is 2.20. The Bertz CT molecular complexity index is 382. The van der Waals surface area contributed by atoms with Gasteiger partial charge in [-0.2, -0.15) is 0 Å². The standard InChI is InChI=1S/C19H32O3/c1-7-9-10-15(3)11-12-22-14-16(4)13-17(5)19(20)18(8-2)21-6/h7-8,11,13,17-20H,1-2,9-10,12,14H2,3-6H3/b15-11-,16-13-/t17-,18+,19+/m1/s1. The van der Waals surface area contributed by atoms with Crippen LogP contribution in [0.3, 0.4) is 0 Å². The van der Waals surface area contributed by atoms with Gasteiger partial charge < -0.3 is 14.6 Å². The summed E-state index contributed by atoms with van der Waals surface area (Å²) in [7, 11) is 1.57. The Kier molecular flexibility index (Phi) is 11.7. The number of aliphatic hydroxyl groups excluding tert-OH is 1. The largest absolute Gasteiger partial charge is 0.389 e. The summed E-state index contributed by atoms with van der Waals surface area (Å²) in [6, 6.07) is 0. The smallest absolute Gasteiger partial charge is 0.101 e. The highest BCUT2D eigenvalue weighted by Crippen LogP contribution is 2.14. The van der Waals surface area contributed by atoms with E-state index < -0.39 is 6.10 Å². The van der Waals surface area contributed by atoms with Gasteiger partial charge >= 0.3 is 0 Å². The number of rotatable bonds is 12. The molecule has 3 nitrogen and oxygen atoms in total. The molecule has 0 fully saturated rings. The minimum Gasteiger partial charge on any atom is -0.389 e. The maximum Gasteiger partial charge on any atom is 0.101 e. The van der Waals surface area contributed by atoms with Crippen LogP contribution in [0.15, 0.2) is 48.6 Å². The minimum atomic E-state index is -0.599. The van der Waals surface area contributed by atoms with Crippen molar-refractivity contribution in [2.75, 3.05) is 20.3 Å². The SMILES string of the molecule is C=CCC/C(C)=C\COC/C(C)=C\[C@@H](C)[C@H](O)[C@H](C=C)OC. The van der Waals surface area contributed by atoms with E-state index in [1.165, 1.54) is 5.57 Å². The van der Waals surface area contributed by atoms with E-state index in [0.29, 0.717) is 13.2 Å². The summed E-state index contributed by atoms with van der Waals surface area (Å²) in [4.78, 5) is 0. The number of hydrogen-bond donors (Lipinski definition) is 1. The van der Waals surface area contributed by atoms with Gasteiger partial charge in [0.05, 0.1) is 19.3 Å². The van der Waals surface area contributed by atoms with Crippen LogP contribution in [-0.2, 0) is 9.47 Å². The van der Waals surface area contributed by atoms with Gasteiger partial charge in [-0.25, -0.2) is 0 Å². The lowest BCUT2D eigenvalue weighted by Crippen LogP contribution is -2.31. The van der Waals surface area contributed by atoms with E-state index in [4.69, 9.17) is 9.47 Å². The predicted molar refractivity (Wildman–Crippen MR) is 93.9 cm³/mol. The molecule has 0 saturated heterocycles. The highest BCUT2D eigenvalue weighted by atomic mass is 16.5. The molecule has 0 heterocycles. The van der Waals surface area contributed by atoms with Crippen LogP contribution in [0.1, 0.15) is 33.6 Å². The Morgan fingerprint density at radius 1 is 1.23 bits per heavy atom. The van der Waals surface area contributed by atoms with Gasteiger partial charge in [0.25, 0.3) is 0 Å². The third-order valence-corrected chi connectivity index (χ3v) is 3.55. The number of aliphatic hydroxyl groups is 1. The molecule has 0 aliphatic heterocycles. The second kappa shape index (κ2) is 12.4. The summed E-state index contributed by atoms with van der Waals surface area (Å²) in [5.74, 6) is -0.0172. The number of hydrogen-bond acceptors (Lipinski definition) is 3. The van der Waals surface area contributed by atoms with Crippen molar-refractivity contribution < 1.29 is 14.6 Å². The lowest BCUT2D eigenvalue weighted by Gasteiger charge is -2.22. The van der Waals surface area contributed by atoms with Crippen molar-refractivity contribution in [2.24, 2.45) is 5.92 Å². The van der Waals surface area contributed by atoms with Gasteiger partial charge in [0.2, 0.25) is 0 Å². The number of methoxy groups -OCH3 is 1. The molecule has 0 aromatic carbocycles. The van der Waals surface area contributed by atoms with Crippen molar-refractivity contribution in [3.63, 3.8) is 0 Å². The molecule has 0 aliphatic carbocycles. The van der Waals surface area contributed by atoms with Crippen molar-refractivity contribution in [1.29, 1.82) is 0 Å². The maximum absolute atomic E-state index is 10.2. The average Bonchev–Trinajstić information content (AvgIpc) is 2.50. The van der Waals surface area contributed by atoms with E-state index >= 15 is 0 Å². The lowest BCUT2D eigenvalue weighted by atomic mass is 9.97. The van der Waals surface area contributed by atoms with E-state index in [-0.39, 0.29) is 12.0 Å². The van der Waals surface area contributed by atoms with Gasteiger partial charge in [0.1, 0.15) is 6.10 Å². The molecule has 0 unspecified atom stereocenters. The van der Waals surface area contributed by atoms with Crippen molar-refractivity contribution >= 4 is 0 Å². The van der Waals surface area contributed by atoms with Crippen molar-refractivity contribution in [2.45, 2.75) is 45.8 Å². The minimum absolute atomic E-state index is 0.0172. The highest BCUT2D eigenvalue weighted by molar-refractivity contribution is 5.05. The van der Waals surface area contributed by atoms with Crippen LogP contribution in [0.2, 0.25) is 0 Å². The van der Waals surface area contributed by atoms with E-state index in [1.807, 2.05) is 26.0 Å². The lowest BCUT2D eigenvalue weighted by molar-refractivity contribution is -0.00167. The van der Waals surface area contributed by atoms with Crippen LogP contribution in [0.4, 0.5) is 0 Å². The van der Waals surface area contributed by atoms with Crippen LogP contribution in [0.5, 0.6) is 0 Å². The Morgan fingerprint density at radius 2 is 1.91 bits per heavy atom. The Labute approximate surface area is 136 Å². The summed E-state index contributed by atoms with van der Waals surface area (Å²) in [5, 5.41) is 10.2. The van der Waals surface area contributed by atoms with E-state index in [0.717, 1.165) is 18.4 Å². The quantitative estimate of drug-likeness (QED) is 0.436. The molecule has 1 N–H and O–H groups in total. The first-order valence-corrected chi connectivity index (χ1v) is 7.81. The number of ether oxygens (including phenoxy) is 2. The average molecular weight is 308 g/mol. The fraction of sp³-hybridized carbons (Fsp3) is 0.579. The Balaban J connectivity index is 4.22. The van der Waals surface area contributed by atoms with E-state index in [9.17, 15) is 5.11 Å². The molecule has 3 heteroatoms. The topological polar surface area (TPSA) is 38.7 Å². The molecule has 126 valence electrons. The van der Waals surface area contributed by atoms with Gasteiger partial charge in [-0.05, 0) is 26.7 Å². The van der Waals surface area contributed by atoms with Gasteiger partial charge in [-0.3, -0.25) is 0 Å². The summed E-state index contributed by atoms with van der Waals surface area (Å²) in [6.45, 7) is 14.6. The maximum atomic E-state index is 10.2. The molecule has 0 rings (SSSR count). The summed E-state index contributed by atoms with van der Waals surface area (Å²) in [5.41, 5.74) is 2.42. The summed E-state index contributed by atoms with van der Waals surface area (Å²) in [6.07, 6.45) is 8.76. The molecule has 0 saturated carbocycles. The molecule has 0 amide bonds. The molecule has 22 heavy (non-hydrogen) atoms. The first-order chi connectivity index (χ1) is 10.5. The van der Waals surface area contributed by atoms with E-state index in [1.54, 1.807) is 13.2 Å². The zero-order valence-corrected chi connectivity index (χ0v) is 14.5. The van der Waals surface area contributed by atoms with Crippen LogP contribution >= 0.6 is 0 Å². The Morgan fingerprint density at radius 3 is 2.45 bits per heavy atom. The van der Waals surface area contributed by atoms with Crippen molar-refractivity contribution in [3.05, 3.63) is 48.6 Å². The van der Waals surface area contributed by atoms with Crippen molar-refractivity contribution in [3.8, 4) is 0 Å². The predicted octanol–water partition coefficient (Wildman–Crippen LogP) is 4.06. The third-order valence-electron chi connectivity index (χ3n) is 3.55. The molecular formula is C19H32O3. The van der Waals surface area contributed by atoms with Gasteiger partial charge in [-0.15, -0.1) is 13.2 Å². The first kappa shape index (κ1) is 20.8. The molecule has 0 aliphatic rings. The van der Waals surface area contributed by atoms with E-state index in [2.05, 4.69) is 26.2 Å². The zero-order chi connectivity index (χ0) is 17.0. The molecular weight excluding hydrogens is 276 g/mol. The molecule has 0 aromatic heterocycles. The van der Waals surface area contributed by atoms with Gasteiger partial charge in [0, 0.05) is 13.0 Å². The molecule has 0 bridgehead atoms. The zero-order valence-electron chi connectivity index (χ0n) is 14.5. The second-order valence-electron chi connectivity index (χ2n) is 5.69. The van der Waals surface area contributed by atoms with Crippen LogP contribution in [0, 0.1) is 5.92 Å². The van der Waals surface area contributed by atoms with Crippen LogP contribution < -0.4 is 0 Å². The van der Waals surface area contributed by atoms with Crippen LogP contribution in [-0.4, -0.2) is 37.6 Å². The number of allylic oxidation sites excluding steroid dienone is 2. The first-order valence-electron chi connectivity index (χ1n) is 7.81. The molecule has 0 aromatic rings. The van der Waals surface area contributed by atoms with Crippen LogP contribution in [0.25, 0.3) is 0 Å². The van der Waals surface area contributed by atoms with Crippen molar-refractivity contribution in [1.82, 2.24) is 0 Å². The van der Waals surface area contributed by atoms with Gasteiger partial charge in [-0.1, -0.05) is 42.4 Å². The fourth-order valence-electron chi connectivity index (χ4n) is 2.12. The fourth-order valence-corrected chi connectivity index (χ4v) is 2.12. The third kappa shape index (κ3) is 8.98.